The van der Waals surface area contributed by atoms with Crippen LogP contribution in [0.3, 0.4) is 0 Å². The van der Waals surface area contributed by atoms with E-state index in [-0.39, 0.29) is 29.6 Å². The van der Waals surface area contributed by atoms with Crippen LogP contribution in [0, 0.1) is 0 Å². The van der Waals surface area contributed by atoms with Gasteiger partial charge in [0.05, 0.1) is 18.4 Å². The van der Waals surface area contributed by atoms with E-state index < -0.39 is 0 Å². The lowest BCUT2D eigenvalue weighted by atomic mass is 10.0. The lowest BCUT2D eigenvalue weighted by molar-refractivity contribution is 0.0283. The number of nitrogens with zero attached hydrogens (tertiary/aromatic N) is 1. The average molecular weight is 447 g/mol. The number of rotatable bonds is 6. The first kappa shape index (κ1) is 19.6. The smallest absolute Gasteiger partial charge is 0.191 e. The van der Waals surface area contributed by atoms with Gasteiger partial charge in [-0.15, -0.1) is 24.0 Å². The SMILES string of the molecule is CC1(CN=C(NCCc2ccco2)NC2CCCC2)CCCO1.I. The summed E-state index contributed by atoms with van der Waals surface area (Å²) in [5.74, 6) is 1.92. The van der Waals surface area contributed by atoms with Gasteiger partial charge in [0.25, 0.3) is 0 Å². The second-order valence-corrected chi connectivity index (χ2v) is 6.95. The number of nitrogens with one attached hydrogen (secondary N) is 2. The second kappa shape index (κ2) is 9.65. The Labute approximate surface area is 162 Å². The van der Waals surface area contributed by atoms with Gasteiger partial charge in [-0.1, -0.05) is 12.8 Å². The molecule has 1 saturated heterocycles. The number of halogens is 1. The van der Waals surface area contributed by atoms with Crippen LogP contribution in [-0.4, -0.2) is 37.3 Å². The molecule has 2 heterocycles. The van der Waals surface area contributed by atoms with Gasteiger partial charge in [-0.2, -0.15) is 0 Å². The second-order valence-electron chi connectivity index (χ2n) is 6.95. The first-order chi connectivity index (χ1) is 11.2. The zero-order valence-electron chi connectivity index (χ0n) is 14.6. The first-order valence-electron chi connectivity index (χ1n) is 8.95. The molecule has 1 aromatic rings. The van der Waals surface area contributed by atoms with Crippen LogP contribution in [-0.2, 0) is 11.2 Å². The summed E-state index contributed by atoms with van der Waals surface area (Å²) in [4.78, 5) is 4.80. The number of ether oxygens (including phenoxy) is 1. The highest BCUT2D eigenvalue weighted by Gasteiger charge is 2.29. The Kier molecular flexibility index (Phi) is 7.87. The quantitative estimate of drug-likeness (QED) is 0.398. The Morgan fingerprint density at radius 1 is 1.33 bits per heavy atom. The maximum atomic E-state index is 5.85. The summed E-state index contributed by atoms with van der Waals surface area (Å²) in [6, 6.07) is 4.50. The van der Waals surface area contributed by atoms with Gasteiger partial charge in [0.2, 0.25) is 0 Å². The third-order valence-corrected chi connectivity index (χ3v) is 4.81. The van der Waals surface area contributed by atoms with Crippen molar-refractivity contribution in [3.05, 3.63) is 24.2 Å². The maximum absolute atomic E-state index is 5.85. The van der Waals surface area contributed by atoms with E-state index in [9.17, 15) is 0 Å². The minimum absolute atomic E-state index is 0. The van der Waals surface area contributed by atoms with Crippen molar-refractivity contribution in [2.45, 2.75) is 63.5 Å². The van der Waals surface area contributed by atoms with E-state index >= 15 is 0 Å². The highest BCUT2D eigenvalue weighted by atomic mass is 127. The molecule has 1 atom stereocenters. The molecule has 2 N–H and O–H groups in total. The van der Waals surface area contributed by atoms with Crippen molar-refractivity contribution in [2.24, 2.45) is 4.99 Å². The highest BCUT2D eigenvalue weighted by Crippen LogP contribution is 2.25. The summed E-state index contributed by atoms with van der Waals surface area (Å²) in [6.45, 7) is 4.57. The zero-order chi connectivity index (χ0) is 16.0. The van der Waals surface area contributed by atoms with Gasteiger partial charge in [-0.3, -0.25) is 4.99 Å². The molecule has 2 aliphatic rings. The molecular formula is C18H30IN3O2. The molecule has 1 unspecified atom stereocenters. The van der Waals surface area contributed by atoms with Crippen molar-refractivity contribution in [1.82, 2.24) is 10.6 Å². The summed E-state index contributed by atoms with van der Waals surface area (Å²) in [5, 5.41) is 7.04. The molecule has 3 rings (SSSR count). The largest absolute Gasteiger partial charge is 0.469 e. The van der Waals surface area contributed by atoms with Crippen molar-refractivity contribution in [3.63, 3.8) is 0 Å². The molecular weight excluding hydrogens is 417 g/mol. The van der Waals surface area contributed by atoms with Crippen LogP contribution in [0.5, 0.6) is 0 Å². The van der Waals surface area contributed by atoms with Crippen molar-refractivity contribution in [2.75, 3.05) is 19.7 Å². The van der Waals surface area contributed by atoms with Gasteiger partial charge >= 0.3 is 0 Å². The van der Waals surface area contributed by atoms with Crippen LogP contribution >= 0.6 is 24.0 Å². The van der Waals surface area contributed by atoms with Crippen molar-refractivity contribution >= 4 is 29.9 Å². The minimum atomic E-state index is -0.0920. The summed E-state index contributed by atoms with van der Waals surface area (Å²) >= 11 is 0. The lowest BCUT2D eigenvalue weighted by Gasteiger charge is -2.23. The van der Waals surface area contributed by atoms with Crippen LogP contribution in [0.4, 0.5) is 0 Å². The van der Waals surface area contributed by atoms with E-state index in [0.29, 0.717) is 6.04 Å². The summed E-state index contributed by atoms with van der Waals surface area (Å²) in [6.07, 6.45) is 9.95. The Balaban J connectivity index is 0.00000208. The standard InChI is InChI=1S/C18H29N3O2.HI/c1-18(10-5-13-23-18)14-20-17(21-15-6-2-3-7-15)19-11-9-16-8-4-12-22-16;/h4,8,12,15H,2-3,5-7,9-11,13-14H2,1H3,(H2,19,20,21);1H. The van der Waals surface area contributed by atoms with Crippen LogP contribution in [0.25, 0.3) is 0 Å². The molecule has 136 valence electrons. The van der Waals surface area contributed by atoms with Crippen molar-refractivity contribution in [3.8, 4) is 0 Å². The average Bonchev–Trinajstić information content (AvgIpc) is 3.27. The molecule has 1 aromatic heterocycles. The van der Waals surface area contributed by atoms with Crippen LogP contribution in [0.1, 0.15) is 51.2 Å². The van der Waals surface area contributed by atoms with Crippen LogP contribution in [0.2, 0.25) is 0 Å². The number of guanidine groups is 1. The van der Waals surface area contributed by atoms with Gasteiger partial charge in [0.15, 0.2) is 5.96 Å². The maximum Gasteiger partial charge on any atom is 0.191 e. The number of aliphatic imine (C=N–C) groups is 1. The number of hydrogen-bond donors (Lipinski definition) is 2. The monoisotopic (exact) mass is 447 g/mol. The minimum Gasteiger partial charge on any atom is -0.469 e. The Bertz CT molecular complexity index is 492. The predicted octanol–water partition coefficient (Wildman–Crippen LogP) is 3.49. The Morgan fingerprint density at radius 3 is 2.83 bits per heavy atom. The predicted molar refractivity (Wildman–Crippen MR) is 107 cm³/mol. The topological polar surface area (TPSA) is 58.8 Å². The van der Waals surface area contributed by atoms with E-state index in [0.717, 1.165) is 50.7 Å². The fourth-order valence-corrected chi connectivity index (χ4v) is 3.38. The first-order valence-corrected chi connectivity index (χ1v) is 8.95. The molecule has 0 spiro atoms. The summed E-state index contributed by atoms with van der Waals surface area (Å²) in [7, 11) is 0. The van der Waals surface area contributed by atoms with E-state index in [2.05, 4.69) is 17.6 Å². The summed E-state index contributed by atoms with van der Waals surface area (Å²) in [5.41, 5.74) is -0.0920. The fraction of sp³-hybridized carbons (Fsp3) is 0.722. The molecule has 0 radical (unpaired) electrons. The van der Waals surface area contributed by atoms with E-state index in [1.165, 1.54) is 25.7 Å². The highest BCUT2D eigenvalue weighted by molar-refractivity contribution is 14.0. The molecule has 5 nitrogen and oxygen atoms in total. The Hall–Kier alpha value is -0.760. The molecule has 1 saturated carbocycles. The summed E-state index contributed by atoms with van der Waals surface area (Å²) < 4.78 is 11.2. The Morgan fingerprint density at radius 2 is 2.17 bits per heavy atom. The van der Waals surface area contributed by atoms with E-state index in [4.69, 9.17) is 14.1 Å². The van der Waals surface area contributed by atoms with Gasteiger partial charge in [0, 0.05) is 25.6 Å². The van der Waals surface area contributed by atoms with E-state index in [1.807, 2.05) is 12.1 Å². The van der Waals surface area contributed by atoms with Gasteiger partial charge in [0.1, 0.15) is 5.76 Å². The van der Waals surface area contributed by atoms with Crippen LogP contribution in [0.15, 0.2) is 27.8 Å². The van der Waals surface area contributed by atoms with Crippen molar-refractivity contribution in [1.29, 1.82) is 0 Å². The molecule has 0 bridgehead atoms. The third kappa shape index (κ3) is 5.95. The molecule has 2 fully saturated rings. The van der Waals surface area contributed by atoms with Gasteiger partial charge in [-0.25, -0.2) is 0 Å². The fourth-order valence-electron chi connectivity index (χ4n) is 3.38. The lowest BCUT2D eigenvalue weighted by Crippen LogP contribution is -2.44. The molecule has 24 heavy (non-hydrogen) atoms. The third-order valence-electron chi connectivity index (χ3n) is 4.81. The van der Waals surface area contributed by atoms with Crippen LogP contribution < -0.4 is 10.6 Å². The molecule has 1 aliphatic carbocycles. The van der Waals surface area contributed by atoms with Crippen molar-refractivity contribution < 1.29 is 9.15 Å². The number of furan rings is 1. The molecule has 0 amide bonds. The molecule has 0 aromatic carbocycles. The number of hydrogen-bond acceptors (Lipinski definition) is 3. The van der Waals surface area contributed by atoms with E-state index in [1.54, 1.807) is 6.26 Å². The van der Waals surface area contributed by atoms with Gasteiger partial charge in [-0.05, 0) is 44.7 Å². The normalized spacial score (nSPS) is 24.8. The zero-order valence-corrected chi connectivity index (χ0v) is 16.9. The van der Waals surface area contributed by atoms with Gasteiger partial charge < -0.3 is 19.8 Å². The molecule has 6 heteroatoms. The molecule has 1 aliphatic heterocycles.